The molecular formula is C20H17BrN4. The number of fused-ring (bicyclic) bond motifs is 1. The lowest BCUT2D eigenvalue weighted by Gasteiger charge is -2.04. The van der Waals surface area contributed by atoms with Gasteiger partial charge >= 0.3 is 0 Å². The number of benzene rings is 2. The largest absolute Gasteiger partial charge is 0.384 e. The fourth-order valence-electron chi connectivity index (χ4n) is 2.82. The first-order valence-electron chi connectivity index (χ1n) is 8.05. The third kappa shape index (κ3) is 3.28. The first kappa shape index (κ1) is 15.8. The normalized spacial score (nSPS) is 11.1. The number of hydrogen-bond acceptors (Lipinski definition) is 3. The minimum Gasteiger partial charge on any atom is -0.384 e. The molecule has 0 saturated carbocycles. The van der Waals surface area contributed by atoms with Gasteiger partial charge in [0.1, 0.15) is 5.82 Å². The lowest BCUT2D eigenvalue weighted by atomic mass is 10.1. The van der Waals surface area contributed by atoms with Gasteiger partial charge in [0.05, 0.1) is 11.4 Å². The summed E-state index contributed by atoms with van der Waals surface area (Å²) < 4.78 is 2.77. The summed E-state index contributed by atoms with van der Waals surface area (Å²) in [5.41, 5.74) is 12.3. The van der Waals surface area contributed by atoms with E-state index in [1.54, 1.807) is 4.52 Å². The van der Waals surface area contributed by atoms with Crippen LogP contribution >= 0.6 is 15.9 Å². The van der Waals surface area contributed by atoms with Crippen molar-refractivity contribution in [1.29, 1.82) is 0 Å². The quantitative estimate of drug-likeness (QED) is 0.552. The van der Waals surface area contributed by atoms with Crippen LogP contribution in [0.25, 0.3) is 16.9 Å². The third-order valence-corrected chi connectivity index (χ3v) is 4.68. The summed E-state index contributed by atoms with van der Waals surface area (Å²) in [6, 6.07) is 20.4. The van der Waals surface area contributed by atoms with Gasteiger partial charge in [0.2, 0.25) is 0 Å². The van der Waals surface area contributed by atoms with E-state index in [2.05, 4.69) is 64.4 Å². The van der Waals surface area contributed by atoms with E-state index in [1.807, 2.05) is 24.3 Å². The zero-order valence-corrected chi connectivity index (χ0v) is 15.4. The molecule has 0 radical (unpaired) electrons. The van der Waals surface area contributed by atoms with Crippen LogP contribution in [0.3, 0.4) is 0 Å². The van der Waals surface area contributed by atoms with Gasteiger partial charge in [-0.15, -0.1) is 0 Å². The lowest BCUT2D eigenvalue weighted by molar-refractivity contribution is 0.907. The van der Waals surface area contributed by atoms with E-state index in [0.717, 1.165) is 33.5 Å². The number of rotatable bonds is 3. The number of anilines is 1. The fraction of sp³-hybridized carbons (Fsp3) is 0.100. The van der Waals surface area contributed by atoms with Gasteiger partial charge in [-0.25, -0.2) is 4.98 Å². The van der Waals surface area contributed by atoms with E-state index in [-0.39, 0.29) is 0 Å². The lowest BCUT2D eigenvalue weighted by Crippen LogP contribution is -2.01. The molecule has 0 aliphatic rings. The Hall–Kier alpha value is -2.66. The molecule has 0 unspecified atom stereocenters. The Balaban J connectivity index is 1.71. The van der Waals surface area contributed by atoms with Gasteiger partial charge in [0.25, 0.3) is 0 Å². The molecule has 124 valence electrons. The van der Waals surface area contributed by atoms with Gasteiger partial charge in [-0.2, -0.15) is 9.61 Å². The Morgan fingerprint density at radius 2 is 1.72 bits per heavy atom. The Labute approximate surface area is 154 Å². The molecule has 0 saturated heterocycles. The predicted molar refractivity (Wildman–Crippen MR) is 105 cm³/mol. The summed E-state index contributed by atoms with van der Waals surface area (Å²) in [6.07, 6.45) is 0.746. The molecule has 0 aliphatic heterocycles. The molecule has 25 heavy (non-hydrogen) atoms. The van der Waals surface area contributed by atoms with E-state index in [0.29, 0.717) is 5.82 Å². The van der Waals surface area contributed by atoms with E-state index >= 15 is 0 Å². The molecular weight excluding hydrogens is 376 g/mol. The van der Waals surface area contributed by atoms with Crippen molar-refractivity contribution in [2.45, 2.75) is 13.3 Å². The van der Waals surface area contributed by atoms with Crippen LogP contribution in [0.2, 0.25) is 0 Å². The number of nitrogen functional groups attached to an aromatic ring is 1. The first-order chi connectivity index (χ1) is 12.1. The van der Waals surface area contributed by atoms with E-state index in [9.17, 15) is 0 Å². The molecule has 0 fully saturated rings. The molecule has 4 aromatic rings. The molecule has 0 atom stereocenters. The van der Waals surface area contributed by atoms with E-state index in [4.69, 9.17) is 10.7 Å². The summed E-state index contributed by atoms with van der Waals surface area (Å²) in [5.74, 6) is 0.586. The Bertz CT molecular complexity index is 1030. The number of aromatic nitrogens is 3. The number of nitrogens with two attached hydrogens (primary N) is 1. The number of halogens is 1. The van der Waals surface area contributed by atoms with Gasteiger partial charge in [-0.1, -0.05) is 57.9 Å². The third-order valence-electron chi connectivity index (χ3n) is 4.15. The maximum absolute atomic E-state index is 6.21. The van der Waals surface area contributed by atoms with Gasteiger partial charge in [0, 0.05) is 28.6 Å². The summed E-state index contributed by atoms with van der Waals surface area (Å²) in [4.78, 5) is 4.73. The zero-order valence-electron chi connectivity index (χ0n) is 13.8. The molecule has 5 heteroatoms. The Morgan fingerprint density at radius 3 is 2.44 bits per heavy atom. The highest BCUT2D eigenvalue weighted by Crippen LogP contribution is 2.22. The maximum Gasteiger partial charge on any atom is 0.158 e. The highest BCUT2D eigenvalue weighted by molar-refractivity contribution is 9.10. The van der Waals surface area contributed by atoms with Gasteiger partial charge in [-0.05, 0) is 24.6 Å². The molecule has 4 nitrogen and oxygen atoms in total. The summed E-state index contributed by atoms with van der Waals surface area (Å²) in [5, 5.41) is 4.60. The van der Waals surface area contributed by atoms with Crippen molar-refractivity contribution in [3.63, 3.8) is 0 Å². The molecule has 2 N–H and O–H groups in total. The SMILES string of the molecule is Cc1ccc(-c2cc(N)n3nc(Cc4ccc(Br)cc4)cc3n2)cc1. The van der Waals surface area contributed by atoms with Crippen LogP contribution in [0.1, 0.15) is 16.8 Å². The second-order valence-electron chi connectivity index (χ2n) is 6.14. The van der Waals surface area contributed by atoms with Crippen LogP contribution in [-0.2, 0) is 6.42 Å². The summed E-state index contributed by atoms with van der Waals surface area (Å²) >= 11 is 3.46. The molecule has 0 bridgehead atoms. The molecule has 0 amide bonds. The van der Waals surface area contributed by atoms with Crippen molar-refractivity contribution in [2.24, 2.45) is 0 Å². The number of hydrogen-bond donors (Lipinski definition) is 1. The highest BCUT2D eigenvalue weighted by Gasteiger charge is 2.10. The number of aryl methyl sites for hydroxylation is 1. The molecule has 4 rings (SSSR count). The Kier molecular flexibility index (Phi) is 4.01. The van der Waals surface area contributed by atoms with Crippen LogP contribution in [-0.4, -0.2) is 14.6 Å². The molecule has 2 aromatic heterocycles. The minimum absolute atomic E-state index is 0.586. The first-order valence-corrected chi connectivity index (χ1v) is 8.84. The molecule has 0 aliphatic carbocycles. The fourth-order valence-corrected chi connectivity index (χ4v) is 3.08. The monoisotopic (exact) mass is 392 g/mol. The van der Waals surface area contributed by atoms with Crippen LogP contribution < -0.4 is 5.73 Å². The standard InChI is InChI=1S/C20H17BrN4/c1-13-2-6-15(7-3-13)18-12-19(22)25-20(23-18)11-17(24-25)10-14-4-8-16(21)9-5-14/h2-9,11-12H,10,22H2,1H3. The average molecular weight is 393 g/mol. The second kappa shape index (κ2) is 6.33. The average Bonchev–Trinajstić information content (AvgIpc) is 3.01. The Morgan fingerprint density at radius 1 is 1.00 bits per heavy atom. The van der Waals surface area contributed by atoms with Crippen molar-refractivity contribution in [3.8, 4) is 11.3 Å². The van der Waals surface area contributed by atoms with E-state index in [1.165, 1.54) is 11.1 Å². The summed E-state index contributed by atoms with van der Waals surface area (Å²) in [6.45, 7) is 2.07. The van der Waals surface area contributed by atoms with Crippen LogP contribution in [0.5, 0.6) is 0 Å². The number of nitrogens with zero attached hydrogens (tertiary/aromatic N) is 3. The second-order valence-corrected chi connectivity index (χ2v) is 7.06. The molecule has 2 heterocycles. The van der Waals surface area contributed by atoms with Gasteiger partial charge in [0.15, 0.2) is 5.65 Å². The van der Waals surface area contributed by atoms with Crippen molar-refractivity contribution in [1.82, 2.24) is 14.6 Å². The van der Waals surface area contributed by atoms with Crippen molar-refractivity contribution >= 4 is 27.4 Å². The van der Waals surface area contributed by atoms with Crippen LogP contribution in [0.4, 0.5) is 5.82 Å². The topological polar surface area (TPSA) is 56.2 Å². The highest BCUT2D eigenvalue weighted by atomic mass is 79.9. The maximum atomic E-state index is 6.21. The van der Waals surface area contributed by atoms with Gasteiger partial charge < -0.3 is 5.73 Å². The molecule has 0 spiro atoms. The smallest absolute Gasteiger partial charge is 0.158 e. The van der Waals surface area contributed by atoms with Crippen molar-refractivity contribution in [2.75, 3.05) is 5.73 Å². The van der Waals surface area contributed by atoms with Crippen molar-refractivity contribution in [3.05, 3.63) is 82.0 Å². The van der Waals surface area contributed by atoms with Crippen LogP contribution in [0, 0.1) is 6.92 Å². The van der Waals surface area contributed by atoms with E-state index < -0.39 is 0 Å². The van der Waals surface area contributed by atoms with Crippen molar-refractivity contribution < 1.29 is 0 Å². The predicted octanol–water partition coefficient (Wildman–Crippen LogP) is 4.64. The minimum atomic E-state index is 0.586. The van der Waals surface area contributed by atoms with Gasteiger partial charge in [-0.3, -0.25) is 0 Å². The zero-order chi connectivity index (χ0) is 17.4. The van der Waals surface area contributed by atoms with Crippen LogP contribution in [0.15, 0.2) is 65.1 Å². The summed E-state index contributed by atoms with van der Waals surface area (Å²) in [7, 11) is 0. The molecule has 2 aromatic carbocycles.